The summed E-state index contributed by atoms with van der Waals surface area (Å²) >= 11 is 5.37. The van der Waals surface area contributed by atoms with Crippen molar-refractivity contribution in [2.24, 2.45) is 15.8 Å². The maximum atomic E-state index is 12.4. The van der Waals surface area contributed by atoms with Gasteiger partial charge in [0.15, 0.2) is 5.11 Å². The zero-order chi connectivity index (χ0) is 29.6. The molecular formula is C29H28F3N7OS. The Hall–Kier alpha value is -4.71. The maximum Gasteiger partial charge on any atom is 0.573 e. The highest BCUT2D eigenvalue weighted by Gasteiger charge is 2.31. The average Bonchev–Trinajstić information content (AvgIpc) is 3.31. The van der Waals surface area contributed by atoms with Crippen LogP contribution in [0.2, 0.25) is 0 Å². The molecule has 0 aliphatic rings. The number of para-hydroxylation sites is 1. The van der Waals surface area contributed by atoms with E-state index in [9.17, 15) is 13.2 Å². The Bertz CT molecular complexity index is 1560. The second-order valence-corrected chi connectivity index (χ2v) is 9.68. The molecule has 1 aromatic heterocycles. The van der Waals surface area contributed by atoms with Crippen LogP contribution < -0.4 is 21.2 Å². The molecule has 8 nitrogen and oxygen atoms in total. The zero-order valence-electron chi connectivity index (χ0n) is 22.5. The molecule has 41 heavy (non-hydrogen) atoms. The van der Waals surface area contributed by atoms with Crippen molar-refractivity contribution >= 4 is 40.8 Å². The van der Waals surface area contributed by atoms with Crippen LogP contribution in [0.4, 0.5) is 24.5 Å². The Labute approximate surface area is 240 Å². The van der Waals surface area contributed by atoms with Gasteiger partial charge in [-0.2, -0.15) is 10.2 Å². The van der Waals surface area contributed by atoms with E-state index in [-0.39, 0.29) is 11.6 Å². The Morgan fingerprint density at radius 2 is 1.73 bits per heavy atom. The highest BCUT2D eigenvalue weighted by atomic mass is 32.1. The number of nitrogens with one attached hydrogen (secondary N) is 2. The molecule has 212 valence electrons. The van der Waals surface area contributed by atoms with Crippen LogP contribution in [0.15, 0.2) is 89.1 Å². The van der Waals surface area contributed by atoms with Crippen LogP contribution >= 0.6 is 12.2 Å². The number of hydrogen-bond donors (Lipinski definition) is 3. The van der Waals surface area contributed by atoms with Gasteiger partial charge in [-0.3, -0.25) is 5.43 Å². The van der Waals surface area contributed by atoms with Gasteiger partial charge in [-0.25, -0.2) is 9.67 Å². The molecule has 1 heterocycles. The van der Waals surface area contributed by atoms with Crippen LogP contribution in [0.1, 0.15) is 42.1 Å². The molecule has 0 saturated carbocycles. The molecule has 4 rings (SSSR count). The van der Waals surface area contributed by atoms with Gasteiger partial charge in [0.1, 0.15) is 11.6 Å². The maximum absolute atomic E-state index is 12.4. The average molecular weight is 580 g/mol. The number of nitrogens with two attached hydrogens (primary N) is 1. The van der Waals surface area contributed by atoms with E-state index in [1.165, 1.54) is 24.3 Å². The van der Waals surface area contributed by atoms with Gasteiger partial charge in [-0.05, 0) is 78.7 Å². The molecule has 3 aromatic carbocycles. The van der Waals surface area contributed by atoms with Gasteiger partial charge in [-0.15, -0.1) is 13.2 Å². The third kappa shape index (κ3) is 8.15. The van der Waals surface area contributed by atoms with Gasteiger partial charge in [0.2, 0.25) is 0 Å². The molecule has 0 saturated heterocycles. The molecule has 0 spiro atoms. The second kappa shape index (κ2) is 12.6. The largest absolute Gasteiger partial charge is 0.573 e. The smallest absolute Gasteiger partial charge is 0.406 e. The summed E-state index contributed by atoms with van der Waals surface area (Å²) in [6, 6.07) is 20.6. The topological polar surface area (TPSA) is 102 Å². The molecule has 0 unspecified atom stereocenters. The summed E-state index contributed by atoms with van der Waals surface area (Å²) < 4.78 is 42.7. The van der Waals surface area contributed by atoms with Gasteiger partial charge < -0.3 is 15.8 Å². The van der Waals surface area contributed by atoms with Gasteiger partial charge in [0.25, 0.3) is 0 Å². The fraction of sp³-hybridized carbons (Fsp3) is 0.172. The van der Waals surface area contributed by atoms with Crippen molar-refractivity contribution in [3.8, 4) is 11.4 Å². The summed E-state index contributed by atoms with van der Waals surface area (Å²) in [4.78, 5) is 4.30. The first kappa shape index (κ1) is 29.3. The van der Waals surface area contributed by atoms with Crippen LogP contribution in [0.5, 0.6) is 5.75 Å². The number of hydrazone groups is 1. The molecule has 0 amide bonds. The number of hydrogen-bond acceptors (Lipinski definition) is 5. The van der Waals surface area contributed by atoms with E-state index in [0.29, 0.717) is 28.0 Å². The Morgan fingerprint density at radius 1 is 1.05 bits per heavy atom. The molecular weight excluding hydrogens is 551 g/mol. The molecule has 4 aromatic rings. The van der Waals surface area contributed by atoms with Gasteiger partial charge in [0.05, 0.1) is 28.8 Å². The van der Waals surface area contributed by atoms with Crippen molar-refractivity contribution in [2.75, 3.05) is 5.32 Å². The minimum atomic E-state index is -4.76. The Kier molecular flexibility index (Phi) is 9.03. The number of aryl methyl sites for hydroxylation is 1. The standard InChI is InChI=1S/C29H28F3N7OS/c1-18(2)24-6-4-5-7-26(24)36-28(41)37-34-16-20-8-12-22(13-9-20)39-17-25(19(3)38-39)27(33)35-21-10-14-23(15-11-21)40-29(30,31)32/h4-18H,1-3H3,(H2,33,35)(H2,36,37,41). The van der Waals surface area contributed by atoms with Gasteiger partial charge in [0, 0.05) is 11.9 Å². The number of alkyl halides is 3. The first-order chi connectivity index (χ1) is 19.5. The summed E-state index contributed by atoms with van der Waals surface area (Å²) in [6.07, 6.45) is -1.37. The van der Waals surface area contributed by atoms with Crippen LogP contribution in [0.25, 0.3) is 5.69 Å². The fourth-order valence-electron chi connectivity index (χ4n) is 3.91. The number of ether oxygens (including phenoxy) is 1. The summed E-state index contributed by atoms with van der Waals surface area (Å²) in [5, 5.41) is 12.3. The lowest BCUT2D eigenvalue weighted by Crippen LogP contribution is -2.24. The van der Waals surface area contributed by atoms with Crippen LogP contribution in [-0.4, -0.2) is 33.3 Å². The number of aliphatic imine (C=N–C) groups is 1. The number of halogens is 3. The molecule has 12 heteroatoms. The van der Waals surface area contributed by atoms with E-state index in [1.807, 2.05) is 42.5 Å². The van der Waals surface area contributed by atoms with E-state index in [0.717, 1.165) is 22.5 Å². The number of rotatable bonds is 8. The van der Waals surface area contributed by atoms with Crippen molar-refractivity contribution in [1.29, 1.82) is 0 Å². The number of anilines is 1. The lowest BCUT2D eigenvalue weighted by atomic mass is 10.0. The number of thiocarbonyl (C=S) groups is 1. The van der Waals surface area contributed by atoms with Crippen LogP contribution in [0.3, 0.4) is 0 Å². The predicted molar refractivity (Wildman–Crippen MR) is 159 cm³/mol. The van der Waals surface area contributed by atoms with E-state index < -0.39 is 6.36 Å². The number of benzene rings is 3. The third-order valence-electron chi connectivity index (χ3n) is 5.86. The van der Waals surface area contributed by atoms with Crippen molar-refractivity contribution < 1.29 is 17.9 Å². The second-order valence-electron chi connectivity index (χ2n) is 9.27. The SMILES string of the molecule is Cc1nn(-c2ccc(C=NNC(=S)Nc3ccccc3C(C)C)cc2)cc1C(N)=Nc1ccc(OC(F)(F)F)cc1. The predicted octanol–water partition coefficient (Wildman–Crippen LogP) is 6.56. The monoisotopic (exact) mass is 579 g/mol. The van der Waals surface area contributed by atoms with Crippen LogP contribution in [0, 0.1) is 6.92 Å². The summed E-state index contributed by atoms with van der Waals surface area (Å²) in [6.45, 7) is 6.03. The molecule has 0 fully saturated rings. The van der Waals surface area contributed by atoms with Crippen molar-refractivity contribution in [1.82, 2.24) is 15.2 Å². The van der Waals surface area contributed by atoms with Gasteiger partial charge >= 0.3 is 6.36 Å². The van der Waals surface area contributed by atoms with Crippen LogP contribution in [-0.2, 0) is 0 Å². The normalized spacial score (nSPS) is 12.1. The Balaban J connectivity index is 1.38. The molecule has 0 aliphatic carbocycles. The lowest BCUT2D eigenvalue weighted by Gasteiger charge is -2.14. The quantitative estimate of drug-likeness (QED) is 0.0946. The van der Waals surface area contributed by atoms with Gasteiger partial charge in [-0.1, -0.05) is 44.2 Å². The fourth-order valence-corrected chi connectivity index (χ4v) is 4.07. The van der Waals surface area contributed by atoms with Crippen molar-refractivity contribution in [3.05, 3.63) is 101 Å². The van der Waals surface area contributed by atoms with E-state index in [4.69, 9.17) is 18.0 Å². The van der Waals surface area contributed by atoms with E-state index >= 15 is 0 Å². The summed E-state index contributed by atoms with van der Waals surface area (Å²) in [7, 11) is 0. The van der Waals surface area contributed by atoms with E-state index in [2.05, 4.69) is 50.6 Å². The first-order valence-corrected chi connectivity index (χ1v) is 13.0. The lowest BCUT2D eigenvalue weighted by molar-refractivity contribution is -0.274. The molecule has 0 aliphatic heterocycles. The molecule has 0 bridgehead atoms. The summed E-state index contributed by atoms with van der Waals surface area (Å²) in [5.74, 6) is 0.188. The molecule has 4 N–H and O–H groups in total. The first-order valence-electron chi connectivity index (χ1n) is 12.5. The van der Waals surface area contributed by atoms with Crippen molar-refractivity contribution in [2.45, 2.75) is 33.1 Å². The van der Waals surface area contributed by atoms with Crippen molar-refractivity contribution in [3.63, 3.8) is 0 Å². The zero-order valence-corrected chi connectivity index (χ0v) is 23.3. The minimum absolute atomic E-state index is 0.175. The van der Waals surface area contributed by atoms with E-state index in [1.54, 1.807) is 24.0 Å². The minimum Gasteiger partial charge on any atom is -0.406 e. The Morgan fingerprint density at radius 3 is 2.39 bits per heavy atom. The number of nitrogens with zero attached hydrogens (tertiary/aromatic N) is 4. The third-order valence-corrected chi connectivity index (χ3v) is 6.06. The molecule has 0 atom stereocenters. The summed E-state index contributed by atoms with van der Waals surface area (Å²) in [5.41, 5.74) is 14.3. The highest BCUT2D eigenvalue weighted by molar-refractivity contribution is 7.80. The highest BCUT2D eigenvalue weighted by Crippen LogP contribution is 2.26. The molecule has 0 radical (unpaired) electrons. The number of amidine groups is 1. The number of aromatic nitrogens is 2.